The zero-order valence-electron chi connectivity index (χ0n) is 19.2. The summed E-state index contributed by atoms with van der Waals surface area (Å²) < 4.78 is 1.86. The lowest BCUT2D eigenvalue weighted by molar-refractivity contribution is 0.338. The van der Waals surface area contributed by atoms with Crippen molar-refractivity contribution in [3.8, 4) is 0 Å². The topological polar surface area (TPSA) is 66.0 Å². The second-order valence-corrected chi connectivity index (χ2v) is 8.77. The zero-order chi connectivity index (χ0) is 23.7. The minimum atomic E-state index is -0.144. The van der Waals surface area contributed by atoms with Crippen LogP contribution in [-0.4, -0.2) is 39.1 Å². The molecule has 0 aliphatic carbocycles. The molecule has 4 aromatic rings. The van der Waals surface area contributed by atoms with E-state index in [1.807, 2.05) is 36.7 Å². The number of anilines is 2. The first-order chi connectivity index (χ1) is 15.8. The van der Waals surface area contributed by atoms with Crippen LogP contribution >= 0.6 is 23.2 Å². The van der Waals surface area contributed by atoms with Crippen LogP contribution in [0.25, 0.3) is 27.9 Å². The lowest BCUT2D eigenvalue weighted by Crippen LogP contribution is -2.22. The molecule has 0 saturated carbocycles. The maximum absolute atomic E-state index is 13.2. The Morgan fingerprint density at radius 3 is 2.52 bits per heavy atom. The van der Waals surface area contributed by atoms with Gasteiger partial charge in [-0.25, -0.2) is 4.98 Å². The molecule has 0 atom stereocenters. The highest BCUT2D eigenvalue weighted by Crippen LogP contribution is 2.34. The average Bonchev–Trinajstić information content (AvgIpc) is 3.12. The summed E-state index contributed by atoms with van der Waals surface area (Å²) >= 11 is 12.6. The second kappa shape index (κ2) is 9.59. The smallest absolute Gasteiger partial charge is 0.258 e. The van der Waals surface area contributed by atoms with Crippen LogP contribution in [0.3, 0.4) is 0 Å². The lowest BCUT2D eigenvalue weighted by atomic mass is 10.0. The largest absolute Gasteiger partial charge is 0.323 e. The maximum Gasteiger partial charge on any atom is 0.258 e. The summed E-state index contributed by atoms with van der Waals surface area (Å²) in [6.07, 6.45) is 4.09. The number of fused-ring (bicyclic) bond motifs is 3. The van der Waals surface area contributed by atoms with E-state index in [0.717, 1.165) is 41.8 Å². The Labute approximate surface area is 202 Å². The molecule has 2 N–H and O–H groups in total. The lowest BCUT2D eigenvalue weighted by Gasteiger charge is -2.15. The fourth-order valence-corrected chi connectivity index (χ4v) is 4.57. The summed E-state index contributed by atoms with van der Waals surface area (Å²) in [6.45, 7) is 9.13. The molecule has 8 heteroatoms. The van der Waals surface area contributed by atoms with Crippen molar-refractivity contribution in [1.29, 1.82) is 0 Å². The Morgan fingerprint density at radius 1 is 1.15 bits per heavy atom. The number of benzene rings is 2. The molecule has 0 bridgehead atoms. The number of para-hydroxylation sites is 1. The van der Waals surface area contributed by atoms with E-state index >= 15 is 0 Å². The number of imidazole rings is 1. The number of hydrogen-bond acceptors (Lipinski definition) is 4. The van der Waals surface area contributed by atoms with E-state index < -0.39 is 0 Å². The molecule has 0 spiro atoms. The van der Waals surface area contributed by atoms with E-state index in [0.29, 0.717) is 32.6 Å². The molecule has 2 heterocycles. The van der Waals surface area contributed by atoms with E-state index in [-0.39, 0.29) is 5.56 Å². The summed E-state index contributed by atoms with van der Waals surface area (Å²) in [4.78, 5) is 23.3. The normalized spacial score (nSPS) is 12.0. The van der Waals surface area contributed by atoms with Gasteiger partial charge in [-0.15, -0.1) is 0 Å². The molecule has 0 aliphatic heterocycles. The van der Waals surface area contributed by atoms with Crippen molar-refractivity contribution in [2.45, 2.75) is 20.8 Å². The number of rotatable bonds is 7. The van der Waals surface area contributed by atoms with Gasteiger partial charge < -0.3 is 19.8 Å². The van der Waals surface area contributed by atoms with Gasteiger partial charge in [0.25, 0.3) is 5.56 Å². The number of hydrogen-bond donors (Lipinski definition) is 2. The van der Waals surface area contributed by atoms with Crippen molar-refractivity contribution < 1.29 is 0 Å². The third-order valence-corrected chi connectivity index (χ3v) is 6.69. The first kappa shape index (κ1) is 23.4. The molecule has 0 saturated heterocycles. The molecule has 33 heavy (non-hydrogen) atoms. The Morgan fingerprint density at radius 2 is 1.85 bits per heavy atom. The second-order valence-electron chi connectivity index (χ2n) is 7.95. The van der Waals surface area contributed by atoms with Crippen LogP contribution < -0.4 is 10.9 Å². The van der Waals surface area contributed by atoms with Crippen LogP contribution in [0.2, 0.25) is 10.0 Å². The van der Waals surface area contributed by atoms with E-state index in [1.165, 1.54) is 0 Å². The van der Waals surface area contributed by atoms with Gasteiger partial charge in [0.05, 0.1) is 32.2 Å². The average molecular weight is 484 g/mol. The van der Waals surface area contributed by atoms with Gasteiger partial charge in [0.1, 0.15) is 0 Å². The van der Waals surface area contributed by atoms with Gasteiger partial charge in [-0.3, -0.25) is 4.79 Å². The molecular formula is C25H27Cl2N5O. The number of pyridine rings is 1. The molecule has 0 unspecified atom stereocenters. The highest BCUT2D eigenvalue weighted by molar-refractivity contribution is 6.39. The monoisotopic (exact) mass is 483 g/mol. The summed E-state index contributed by atoms with van der Waals surface area (Å²) in [5.41, 5.74) is 3.74. The van der Waals surface area contributed by atoms with Gasteiger partial charge in [-0.2, -0.15) is 0 Å². The number of H-pyrrole nitrogens is 1. The highest BCUT2D eigenvalue weighted by atomic mass is 35.5. The summed E-state index contributed by atoms with van der Waals surface area (Å²) in [5.74, 6) is 0.549. The highest BCUT2D eigenvalue weighted by Gasteiger charge is 2.17. The minimum Gasteiger partial charge on any atom is -0.323 e. The molecule has 0 aliphatic rings. The number of nitrogens with zero attached hydrogens (tertiary/aromatic N) is 3. The van der Waals surface area contributed by atoms with Crippen molar-refractivity contribution in [2.24, 2.45) is 7.05 Å². The summed E-state index contributed by atoms with van der Waals surface area (Å²) in [5, 5.41) is 5.72. The first-order valence-corrected chi connectivity index (χ1v) is 11.7. The van der Waals surface area contributed by atoms with Gasteiger partial charge >= 0.3 is 0 Å². The molecule has 0 amide bonds. The van der Waals surface area contributed by atoms with Crippen molar-refractivity contribution in [3.63, 3.8) is 0 Å². The van der Waals surface area contributed by atoms with E-state index in [9.17, 15) is 4.79 Å². The molecule has 2 aromatic heterocycles. The molecule has 2 aromatic carbocycles. The van der Waals surface area contributed by atoms with Crippen molar-refractivity contribution in [2.75, 3.05) is 25.0 Å². The van der Waals surface area contributed by atoms with Gasteiger partial charge in [-0.05, 0) is 55.2 Å². The number of aromatic nitrogens is 3. The maximum atomic E-state index is 13.2. The molecular weight excluding hydrogens is 457 g/mol. The SMILES string of the molecule is CCN(CC)C/C=C/c1[nH]c(=O)c2c(ccc3nc(Nc4c(Cl)cccc4Cl)n(C)c32)c1C. The van der Waals surface area contributed by atoms with Crippen LogP contribution in [0.5, 0.6) is 0 Å². The van der Waals surface area contributed by atoms with Crippen LogP contribution in [0.4, 0.5) is 11.6 Å². The Hall–Kier alpha value is -2.80. The van der Waals surface area contributed by atoms with Gasteiger partial charge in [0.15, 0.2) is 0 Å². The predicted molar refractivity (Wildman–Crippen MR) is 140 cm³/mol. The molecule has 0 fully saturated rings. The number of halogens is 2. The number of aryl methyl sites for hydroxylation is 2. The van der Waals surface area contributed by atoms with Crippen molar-refractivity contribution >= 4 is 62.7 Å². The van der Waals surface area contributed by atoms with Gasteiger partial charge in [0, 0.05) is 19.3 Å². The van der Waals surface area contributed by atoms with Gasteiger partial charge in [-0.1, -0.05) is 55.3 Å². The van der Waals surface area contributed by atoms with Crippen LogP contribution in [0, 0.1) is 6.92 Å². The van der Waals surface area contributed by atoms with Crippen molar-refractivity contribution in [1.82, 2.24) is 19.4 Å². The first-order valence-electron chi connectivity index (χ1n) is 11.0. The fraction of sp³-hybridized carbons (Fsp3) is 0.280. The Bertz CT molecular complexity index is 1400. The third-order valence-electron chi connectivity index (χ3n) is 6.06. The van der Waals surface area contributed by atoms with E-state index in [4.69, 9.17) is 23.2 Å². The predicted octanol–water partition coefficient (Wildman–Crippen LogP) is 6.13. The van der Waals surface area contributed by atoms with Crippen molar-refractivity contribution in [3.05, 3.63) is 68.1 Å². The Balaban J connectivity index is 1.81. The van der Waals surface area contributed by atoms with E-state index in [1.54, 1.807) is 18.2 Å². The van der Waals surface area contributed by atoms with Crippen LogP contribution in [0.1, 0.15) is 25.1 Å². The molecule has 172 valence electrons. The number of nitrogens with one attached hydrogen (secondary N) is 2. The summed E-state index contributed by atoms with van der Waals surface area (Å²) in [7, 11) is 1.87. The molecule has 6 nitrogen and oxygen atoms in total. The number of aromatic amines is 1. The summed E-state index contributed by atoms with van der Waals surface area (Å²) in [6, 6.07) is 9.21. The van der Waals surface area contributed by atoms with E-state index in [2.05, 4.69) is 40.1 Å². The molecule has 0 radical (unpaired) electrons. The Kier molecular flexibility index (Phi) is 6.79. The standard InChI is InChI=1S/C25H27Cl2N5O/c1-5-32(6-2)14-8-11-19-15(3)16-12-13-20-23(21(16)24(33)28-19)31(4)25(29-20)30-22-17(26)9-7-10-18(22)27/h7-13H,5-6,14H2,1-4H3,(H,28,33)(H,29,30)/b11-8+. The number of likely N-dealkylation sites (N-methyl/N-ethyl adjacent to an activating group) is 1. The third kappa shape index (κ3) is 4.38. The van der Waals surface area contributed by atoms with Crippen LogP contribution in [-0.2, 0) is 7.05 Å². The molecule has 4 rings (SSSR count). The minimum absolute atomic E-state index is 0.144. The fourth-order valence-electron chi connectivity index (χ4n) is 4.08. The quantitative estimate of drug-likeness (QED) is 0.331. The zero-order valence-corrected chi connectivity index (χ0v) is 20.7. The van der Waals surface area contributed by atoms with Gasteiger partial charge in [0.2, 0.25) is 5.95 Å². The van der Waals surface area contributed by atoms with Crippen LogP contribution in [0.15, 0.2) is 41.2 Å².